The molecule has 108 valence electrons. The van der Waals surface area contributed by atoms with E-state index >= 15 is 0 Å². The Kier molecular flexibility index (Phi) is 3.69. The van der Waals surface area contributed by atoms with Gasteiger partial charge in [0.15, 0.2) is 11.6 Å². The maximum absolute atomic E-state index is 13.6. The van der Waals surface area contributed by atoms with Crippen LogP contribution < -0.4 is 10.5 Å². The van der Waals surface area contributed by atoms with Crippen LogP contribution in [0.4, 0.5) is 20.3 Å². The van der Waals surface area contributed by atoms with E-state index in [0.717, 1.165) is 6.07 Å². The molecular weight excluding hydrogens is 358 g/mol. The predicted octanol–water partition coefficient (Wildman–Crippen LogP) is 1.84. The fourth-order valence-corrected chi connectivity index (χ4v) is 3.35. The van der Waals surface area contributed by atoms with E-state index in [1.54, 1.807) is 0 Å². The summed E-state index contributed by atoms with van der Waals surface area (Å²) in [4.78, 5) is -0.296. The Balaban J connectivity index is 2.46. The summed E-state index contributed by atoms with van der Waals surface area (Å²) in [6.07, 6.45) is 1.17. The molecule has 6 nitrogen and oxygen atoms in total. The van der Waals surface area contributed by atoms with Crippen LogP contribution in [0.5, 0.6) is 0 Å². The maximum Gasteiger partial charge on any atom is 0.267 e. The normalized spacial score (nSPS) is 11.6. The topological polar surface area (TPSA) is 90.0 Å². The number of halogens is 3. The van der Waals surface area contributed by atoms with Crippen molar-refractivity contribution in [1.29, 1.82) is 0 Å². The number of sulfonamides is 1. The van der Waals surface area contributed by atoms with Crippen molar-refractivity contribution < 1.29 is 17.2 Å². The largest absolute Gasteiger partial charge is 0.381 e. The molecule has 0 aliphatic heterocycles. The molecule has 1 aromatic carbocycles. The molecule has 0 fully saturated rings. The quantitative estimate of drug-likeness (QED) is 0.867. The SMILES string of the molecule is Cn1cc(S(=O)(=O)Nc2c(F)cc(F)cc2Br)c(N)n1. The molecule has 0 unspecified atom stereocenters. The Morgan fingerprint density at radius 3 is 2.55 bits per heavy atom. The van der Waals surface area contributed by atoms with Crippen molar-refractivity contribution in [2.45, 2.75) is 4.90 Å². The molecule has 20 heavy (non-hydrogen) atoms. The average molecular weight is 367 g/mol. The molecule has 2 rings (SSSR count). The average Bonchev–Trinajstić information content (AvgIpc) is 2.64. The minimum Gasteiger partial charge on any atom is -0.381 e. The van der Waals surface area contributed by atoms with E-state index in [0.29, 0.717) is 6.07 Å². The van der Waals surface area contributed by atoms with Gasteiger partial charge in [0.2, 0.25) is 0 Å². The van der Waals surface area contributed by atoms with E-state index in [2.05, 4.69) is 21.0 Å². The highest BCUT2D eigenvalue weighted by Gasteiger charge is 2.23. The van der Waals surface area contributed by atoms with Gasteiger partial charge in [-0.15, -0.1) is 0 Å². The lowest BCUT2D eigenvalue weighted by Gasteiger charge is -2.10. The van der Waals surface area contributed by atoms with Crippen molar-refractivity contribution in [3.05, 3.63) is 34.4 Å². The van der Waals surface area contributed by atoms with E-state index in [1.807, 2.05) is 4.72 Å². The molecule has 3 N–H and O–H groups in total. The maximum atomic E-state index is 13.6. The lowest BCUT2D eigenvalue weighted by Crippen LogP contribution is -2.15. The number of anilines is 2. The number of nitrogen functional groups attached to an aromatic ring is 1. The first-order chi connectivity index (χ1) is 9.20. The first-order valence-electron chi connectivity index (χ1n) is 5.17. The summed E-state index contributed by atoms with van der Waals surface area (Å²) in [5, 5.41) is 3.69. The summed E-state index contributed by atoms with van der Waals surface area (Å²) in [5.41, 5.74) is 5.06. The highest BCUT2D eigenvalue weighted by molar-refractivity contribution is 9.10. The first-order valence-corrected chi connectivity index (χ1v) is 7.45. The first kappa shape index (κ1) is 14.7. The summed E-state index contributed by atoms with van der Waals surface area (Å²) in [7, 11) is -2.64. The van der Waals surface area contributed by atoms with Gasteiger partial charge in [0, 0.05) is 23.8 Å². The second-order valence-electron chi connectivity index (χ2n) is 3.90. The van der Waals surface area contributed by atoms with Crippen molar-refractivity contribution in [2.24, 2.45) is 7.05 Å². The Bertz CT molecular complexity index is 753. The van der Waals surface area contributed by atoms with Crippen molar-refractivity contribution in [2.75, 3.05) is 10.5 Å². The van der Waals surface area contributed by atoms with E-state index in [1.165, 1.54) is 17.9 Å². The molecule has 0 spiro atoms. The van der Waals surface area contributed by atoms with E-state index in [9.17, 15) is 17.2 Å². The number of nitrogens with one attached hydrogen (secondary N) is 1. The number of aryl methyl sites for hydroxylation is 1. The highest BCUT2D eigenvalue weighted by Crippen LogP contribution is 2.29. The molecule has 0 saturated heterocycles. The van der Waals surface area contributed by atoms with Crippen LogP contribution in [0.25, 0.3) is 0 Å². The molecule has 0 aliphatic rings. The number of nitrogens with two attached hydrogens (primary N) is 1. The van der Waals surface area contributed by atoms with Gasteiger partial charge in [0.05, 0.1) is 5.69 Å². The van der Waals surface area contributed by atoms with Crippen molar-refractivity contribution >= 4 is 37.5 Å². The lowest BCUT2D eigenvalue weighted by atomic mass is 10.3. The van der Waals surface area contributed by atoms with Crippen LogP contribution in [0.1, 0.15) is 0 Å². The second kappa shape index (κ2) is 5.02. The van der Waals surface area contributed by atoms with Gasteiger partial charge in [0.1, 0.15) is 10.7 Å². The lowest BCUT2D eigenvalue weighted by molar-refractivity contribution is 0.581. The van der Waals surface area contributed by atoms with Crippen LogP contribution in [0.3, 0.4) is 0 Å². The molecule has 1 aromatic heterocycles. The molecule has 10 heteroatoms. The third-order valence-electron chi connectivity index (χ3n) is 2.35. The molecule has 0 saturated carbocycles. The van der Waals surface area contributed by atoms with Gasteiger partial charge in [-0.2, -0.15) is 5.10 Å². The third kappa shape index (κ3) is 2.75. The van der Waals surface area contributed by atoms with Crippen molar-refractivity contribution in [3.63, 3.8) is 0 Å². The minimum absolute atomic E-state index is 0.0685. The minimum atomic E-state index is -4.13. The van der Waals surface area contributed by atoms with Gasteiger partial charge in [-0.25, -0.2) is 17.2 Å². The summed E-state index contributed by atoms with van der Waals surface area (Å²) in [6, 6.07) is 1.50. The van der Waals surface area contributed by atoms with Crippen molar-refractivity contribution in [3.8, 4) is 0 Å². The van der Waals surface area contributed by atoms with Gasteiger partial charge >= 0.3 is 0 Å². The number of hydrogen-bond acceptors (Lipinski definition) is 4. The van der Waals surface area contributed by atoms with Gasteiger partial charge < -0.3 is 5.73 Å². The third-order valence-corrected chi connectivity index (χ3v) is 4.35. The van der Waals surface area contributed by atoms with Gasteiger partial charge in [-0.05, 0) is 22.0 Å². The fraction of sp³-hybridized carbons (Fsp3) is 0.100. The monoisotopic (exact) mass is 366 g/mol. The van der Waals surface area contributed by atoms with Crippen LogP contribution in [0.15, 0.2) is 27.7 Å². The molecule has 0 amide bonds. The van der Waals surface area contributed by atoms with Crippen molar-refractivity contribution in [1.82, 2.24) is 9.78 Å². The van der Waals surface area contributed by atoms with Crippen LogP contribution in [0, 0.1) is 11.6 Å². The Morgan fingerprint density at radius 2 is 2.05 bits per heavy atom. The number of benzene rings is 1. The number of nitrogens with zero attached hydrogens (tertiary/aromatic N) is 2. The smallest absolute Gasteiger partial charge is 0.267 e. The van der Waals surface area contributed by atoms with Gasteiger partial charge in [-0.3, -0.25) is 9.40 Å². The van der Waals surface area contributed by atoms with Gasteiger partial charge in [0.25, 0.3) is 10.0 Å². The van der Waals surface area contributed by atoms with Crippen LogP contribution in [-0.2, 0) is 17.1 Å². The standard InChI is InChI=1S/C10H9BrF2N4O2S/c1-17-4-8(10(14)15-17)20(18,19)16-9-6(11)2-5(12)3-7(9)13/h2-4,16H,1H3,(H2,14,15). The summed E-state index contributed by atoms with van der Waals surface area (Å²) in [5.74, 6) is -2.11. The highest BCUT2D eigenvalue weighted by atomic mass is 79.9. The second-order valence-corrected chi connectivity index (χ2v) is 6.41. The number of rotatable bonds is 3. The summed E-state index contributed by atoms with van der Waals surface area (Å²) in [6.45, 7) is 0. The summed E-state index contributed by atoms with van der Waals surface area (Å²) < 4.78 is 53.9. The van der Waals surface area contributed by atoms with E-state index in [4.69, 9.17) is 5.73 Å². The van der Waals surface area contributed by atoms with Crippen LogP contribution in [-0.4, -0.2) is 18.2 Å². The molecule has 0 bridgehead atoms. The molecule has 0 atom stereocenters. The van der Waals surface area contributed by atoms with Gasteiger partial charge in [-0.1, -0.05) is 0 Å². The zero-order valence-corrected chi connectivity index (χ0v) is 12.5. The van der Waals surface area contributed by atoms with Crippen LogP contribution >= 0.6 is 15.9 Å². The molecule has 1 heterocycles. The zero-order chi connectivity index (χ0) is 15.1. The number of aromatic nitrogens is 2. The zero-order valence-electron chi connectivity index (χ0n) is 10.1. The predicted molar refractivity (Wildman–Crippen MR) is 72.5 cm³/mol. The molecule has 2 aromatic rings. The Hall–Kier alpha value is -1.68. The fourth-order valence-electron chi connectivity index (χ4n) is 1.52. The van der Waals surface area contributed by atoms with Crippen LogP contribution in [0.2, 0.25) is 0 Å². The number of hydrogen-bond donors (Lipinski definition) is 2. The van der Waals surface area contributed by atoms with E-state index < -0.39 is 27.3 Å². The molecule has 0 radical (unpaired) electrons. The van der Waals surface area contributed by atoms with E-state index in [-0.39, 0.29) is 15.2 Å². The molecule has 0 aliphatic carbocycles. The Labute approximate surface area is 121 Å². The summed E-state index contributed by atoms with van der Waals surface area (Å²) >= 11 is 2.89. The molecular formula is C10H9BrF2N4O2S. The Morgan fingerprint density at radius 1 is 1.40 bits per heavy atom.